The van der Waals surface area contributed by atoms with E-state index in [1.54, 1.807) is 0 Å². The van der Waals surface area contributed by atoms with Crippen molar-refractivity contribution in [1.82, 2.24) is 0 Å². The minimum absolute atomic E-state index is 1.26. The van der Waals surface area contributed by atoms with Gasteiger partial charge in [0.2, 0.25) is 0 Å². The molecule has 0 atom stereocenters. The molecule has 0 saturated carbocycles. The smallest absolute Gasteiger partial charge is 0.0279 e. The summed E-state index contributed by atoms with van der Waals surface area (Å²) in [5, 5.41) is 0. The van der Waals surface area contributed by atoms with E-state index in [4.69, 9.17) is 0 Å². The third-order valence-electron chi connectivity index (χ3n) is 1.81. The van der Waals surface area contributed by atoms with Crippen LogP contribution in [-0.4, -0.2) is 0 Å². The lowest BCUT2D eigenvalue weighted by atomic mass is 10.1. The Bertz CT molecular complexity index is 182. The fourth-order valence-corrected chi connectivity index (χ4v) is 1.18. The summed E-state index contributed by atoms with van der Waals surface area (Å²) in [6, 6.07) is 0. The predicted octanol–water partition coefficient (Wildman–Crippen LogP) is 3.23. The Hall–Kier alpha value is -0.780. The summed E-state index contributed by atoms with van der Waals surface area (Å²) in [5.74, 6) is 0. The fraction of sp³-hybridized carbons (Fsp3) is 0.400. The first-order valence-electron chi connectivity index (χ1n) is 3.82. The highest BCUT2D eigenvalue weighted by Gasteiger charge is 1.99. The lowest BCUT2D eigenvalue weighted by molar-refractivity contribution is 0.915. The molecule has 10 heavy (non-hydrogen) atoms. The van der Waals surface area contributed by atoms with Gasteiger partial charge < -0.3 is 0 Å². The highest BCUT2D eigenvalue weighted by atomic mass is 14.1. The molecule has 0 saturated heterocycles. The van der Waals surface area contributed by atoms with Gasteiger partial charge in [-0.3, -0.25) is 0 Å². The van der Waals surface area contributed by atoms with Gasteiger partial charge in [0.1, 0.15) is 0 Å². The summed E-state index contributed by atoms with van der Waals surface area (Å²) >= 11 is 0. The second-order valence-corrected chi connectivity index (χ2v) is 2.76. The predicted molar refractivity (Wildman–Crippen MR) is 45.9 cm³/mol. The van der Waals surface area contributed by atoms with Crippen LogP contribution in [0.3, 0.4) is 0 Å². The molecule has 0 unspecified atom stereocenters. The standard InChI is InChI=1S/C10H14/c1-3-9(2)8-10-6-4-5-7-10/h3,6,8H,1,4-5,7H2,2H3/b9-8-. The Morgan fingerprint density at radius 3 is 3.00 bits per heavy atom. The Morgan fingerprint density at radius 1 is 1.70 bits per heavy atom. The first-order valence-corrected chi connectivity index (χ1v) is 3.82. The van der Waals surface area contributed by atoms with Gasteiger partial charge in [-0.2, -0.15) is 0 Å². The molecule has 0 fully saturated rings. The van der Waals surface area contributed by atoms with Gasteiger partial charge >= 0.3 is 0 Å². The first-order chi connectivity index (χ1) is 4.83. The van der Waals surface area contributed by atoms with Crippen molar-refractivity contribution in [2.24, 2.45) is 0 Å². The van der Waals surface area contributed by atoms with Crippen molar-refractivity contribution in [2.45, 2.75) is 26.2 Å². The average Bonchev–Trinajstić information content (AvgIpc) is 2.40. The van der Waals surface area contributed by atoms with Crippen LogP contribution in [0, 0.1) is 0 Å². The van der Waals surface area contributed by atoms with Crippen LogP contribution in [0.2, 0.25) is 0 Å². The Kier molecular flexibility index (Phi) is 2.49. The summed E-state index contributed by atoms with van der Waals surface area (Å²) in [6.45, 7) is 5.80. The summed E-state index contributed by atoms with van der Waals surface area (Å²) in [4.78, 5) is 0. The zero-order chi connectivity index (χ0) is 7.40. The Labute approximate surface area is 62.9 Å². The van der Waals surface area contributed by atoms with Crippen LogP contribution in [0.25, 0.3) is 0 Å². The number of rotatable bonds is 2. The molecule has 0 radical (unpaired) electrons. The molecular formula is C10H14. The Morgan fingerprint density at radius 2 is 2.50 bits per heavy atom. The first kappa shape index (κ1) is 7.33. The van der Waals surface area contributed by atoms with Crippen molar-refractivity contribution in [2.75, 3.05) is 0 Å². The molecular weight excluding hydrogens is 120 g/mol. The topological polar surface area (TPSA) is 0 Å². The molecule has 1 aliphatic carbocycles. The van der Waals surface area contributed by atoms with Gasteiger partial charge in [-0.15, -0.1) is 0 Å². The van der Waals surface area contributed by atoms with Crippen LogP contribution in [0.4, 0.5) is 0 Å². The summed E-state index contributed by atoms with van der Waals surface area (Å²) in [7, 11) is 0. The van der Waals surface area contributed by atoms with Gasteiger partial charge in [-0.05, 0) is 26.2 Å². The van der Waals surface area contributed by atoms with Crippen LogP contribution < -0.4 is 0 Å². The van der Waals surface area contributed by atoms with Crippen molar-refractivity contribution in [1.29, 1.82) is 0 Å². The van der Waals surface area contributed by atoms with Crippen molar-refractivity contribution in [3.05, 3.63) is 36.0 Å². The summed E-state index contributed by atoms with van der Waals surface area (Å²) in [5.41, 5.74) is 2.76. The van der Waals surface area contributed by atoms with E-state index >= 15 is 0 Å². The Balaban J connectivity index is 2.58. The van der Waals surface area contributed by atoms with E-state index < -0.39 is 0 Å². The maximum absolute atomic E-state index is 3.71. The van der Waals surface area contributed by atoms with E-state index in [1.165, 1.54) is 30.4 Å². The second kappa shape index (κ2) is 3.40. The normalized spacial score (nSPS) is 18.9. The monoisotopic (exact) mass is 134 g/mol. The van der Waals surface area contributed by atoms with Crippen LogP contribution >= 0.6 is 0 Å². The van der Waals surface area contributed by atoms with E-state index in [9.17, 15) is 0 Å². The molecule has 1 aliphatic rings. The molecule has 0 spiro atoms. The lowest BCUT2D eigenvalue weighted by Crippen LogP contribution is -1.72. The molecule has 0 amide bonds. The molecule has 0 nitrogen and oxygen atoms in total. The van der Waals surface area contributed by atoms with E-state index in [0.717, 1.165) is 0 Å². The van der Waals surface area contributed by atoms with Gasteiger partial charge in [0.25, 0.3) is 0 Å². The van der Waals surface area contributed by atoms with E-state index in [2.05, 4.69) is 25.7 Å². The third-order valence-corrected chi connectivity index (χ3v) is 1.81. The van der Waals surface area contributed by atoms with Crippen molar-refractivity contribution in [3.8, 4) is 0 Å². The highest BCUT2D eigenvalue weighted by molar-refractivity contribution is 5.29. The van der Waals surface area contributed by atoms with E-state index in [1.807, 2.05) is 6.08 Å². The zero-order valence-electron chi connectivity index (χ0n) is 6.56. The minimum Gasteiger partial charge on any atom is -0.0988 e. The zero-order valence-corrected chi connectivity index (χ0v) is 6.56. The quantitative estimate of drug-likeness (QED) is 0.509. The molecule has 0 heteroatoms. The average molecular weight is 134 g/mol. The van der Waals surface area contributed by atoms with E-state index in [-0.39, 0.29) is 0 Å². The van der Waals surface area contributed by atoms with Crippen LogP contribution in [0.15, 0.2) is 36.0 Å². The molecule has 0 N–H and O–H groups in total. The second-order valence-electron chi connectivity index (χ2n) is 2.76. The lowest BCUT2D eigenvalue weighted by Gasteiger charge is -1.92. The van der Waals surface area contributed by atoms with Gasteiger partial charge in [-0.1, -0.05) is 36.0 Å². The maximum Gasteiger partial charge on any atom is -0.0279 e. The molecule has 0 aromatic rings. The molecule has 0 aromatic heterocycles. The molecule has 54 valence electrons. The van der Waals surface area contributed by atoms with Gasteiger partial charge in [0, 0.05) is 0 Å². The SMILES string of the molecule is C=C/C(C)=C\C1=CCCC1. The van der Waals surface area contributed by atoms with Gasteiger partial charge in [-0.25, -0.2) is 0 Å². The van der Waals surface area contributed by atoms with Gasteiger partial charge in [0.05, 0.1) is 0 Å². The third kappa shape index (κ3) is 1.87. The number of hydrogen-bond acceptors (Lipinski definition) is 0. The van der Waals surface area contributed by atoms with Gasteiger partial charge in [0.15, 0.2) is 0 Å². The molecule has 0 aromatic carbocycles. The van der Waals surface area contributed by atoms with Crippen molar-refractivity contribution >= 4 is 0 Å². The number of allylic oxidation sites excluding steroid dienone is 5. The highest BCUT2D eigenvalue weighted by Crippen LogP contribution is 2.19. The van der Waals surface area contributed by atoms with E-state index in [0.29, 0.717) is 0 Å². The number of hydrogen-bond donors (Lipinski definition) is 0. The fourth-order valence-electron chi connectivity index (χ4n) is 1.18. The van der Waals surface area contributed by atoms with Crippen LogP contribution in [0.5, 0.6) is 0 Å². The maximum atomic E-state index is 3.71. The molecule has 0 bridgehead atoms. The summed E-state index contributed by atoms with van der Waals surface area (Å²) < 4.78 is 0. The minimum atomic E-state index is 1.26. The molecule has 0 aliphatic heterocycles. The molecule has 1 rings (SSSR count). The van der Waals surface area contributed by atoms with Crippen LogP contribution in [-0.2, 0) is 0 Å². The van der Waals surface area contributed by atoms with Crippen molar-refractivity contribution in [3.63, 3.8) is 0 Å². The molecule has 0 heterocycles. The van der Waals surface area contributed by atoms with Crippen molar-refractivity contribution < 1.29 is 0 Å². The summed E-state index contributed by atoms with van der Waals surface area (Å²) in [6.07, 6.45) is 10.3. The van der Waals surface area contributed by atoms with Crippen LogP contribution in [0.1, 0.15) is 26.2 Å². The largest absolute Gasteiger partial charge is 0.0988 e.